The van der Waals surface area contributed by atoms with E-state index < -0.39 is 18.1 Å². The lowest BCUT2D eigenvalue weighted by Gasteiger charge is -2.34. The van der Waals surface area contributed by atoms with Gasteiger partial charge in [0, 0.05) is 19.7 Å². The highest BCUT2D eigenvalue weighted by Gasteiger charge is 2.45. The minimum Gasteiger partial charge on any atom is -0.480 e. The molecule has 1 saturated heterocycles. The number of carboxylic acids is 1. The molecule has 1 aliphatic heterocycles. The third kappa shape index (κ3) is 4.39. The Bertz CT molecular complexity index is 338. The minimum absolute atomic E-state index is 0.226. The predicted molar refractivity (Wildman–Crippen MR) is 77.2 cm³/mol. The first-order chi connectivity index (χ1) is 10.1. The number of ether oxygens (including phenoxy) is 2. The SMILES string of the molecule is COCCOCC(O)CN1C(C(=O)O)CC2CCCCC21. The van der Waals surface area contributed by atoms with Crippen molar-refractivity contribution in [2.75, 3.05) is 33.5 Å². The minimum atomic E-state index is -0.767. The number of hydrogen-bond donors (Lipinski definition) is 2. The van der Waals surface area contributed by atoms with Crippen molar-refractivity contribution in [2.45, 2.75) is 50.3 Å². The van der Waals surface area contributed by atoms with Gasteiger partial charge < -0.3 is 19.7 Å². The number of hydrogen-bond acceptors (Lipinski definition) is 5. The molecule has 6 heteroatoms. The van der Waals surface area contributed by atoms with Crippen LogP contribution >= 0.6 is 0 Å². The zero-order chi connectivity index (χ0) is 15.2. The molecular weight excluding hydrogens is 274 g/mol. The van der Waals surface area contributed by atoms with Crippen molar-refractivity contribution in [1.82, 2.24) is 4.90 Å². The molecule has 0 radical (unpaired) electrons. The molecule has 2 N–H and O–H groups in total. The maximum absolute atomic E-state index is 11.5. The number of likely N-dealkylation sites (tertiary alicyclic amines) is 1. The lowest BCUT2D eigenvalue weighted by atomic mass is 9.85. The number of nitrogens with zero attached hydrogens (tertiary/aromatic N) is 1. The van der Waals surface area contributed by atoms with Crippen molar-refractivity contribution >= 4 is 5.97 Å². The lowest BCUT2D eigenvalue weighted by molar-refractivity contribution is -0.143. The Kier molecular flexibility index (Phi) is 6.41. The second kappa shape index (κ2) is 8.08. The summed E-state index contributed by atoms with van der Waals surface area (Å²) in [6, 6.07) is -0.139. The summed E-state index contributed by atoms with van der Waals surface area (Å²) in [5, 5.41) is 19.5. The van der Waals surface area contributed by atoms with E-state index in [9.17, 15) is 15.0 Å². The molecule has 122 valence electrons. The highest BCUT2D eigenvalue weighted by molar-refractivity contribution is 5.74. The molecule has 2 fully saturated rings. The van der Waals surface area contributed by atoms with Gasteiger partial charge in [-0.3, -0.25) is 9.69 Å². The Morgan fingerprint density at radius 3 is 2.81 bits per heavy atom. The summed E-state index contributed by atoms with van der Waals surface area (Å²) in [6.45, 7) is 1.55. The van der Waals surface area contributed by atoms with E-state index in [1.165, 1.54) is 6.42 Å². The molecular formula is C15H27NO5. The molecule has 1 aliphatic carbocycles. The standard InChI is InChI=1S/C15H27NO5/c1-20-6-7-21-10-12(17)9-16-13-5-3-2-4-11(13)8-14(16)15(18)19/h11-14,17H,2-10H2,1H3,(H,18,19). The van der Waals surface area contributed by atoms with Crippen LogP contribution in [-0.4, -0.2) is 72.7 Å². The summed E-state index contributed by atoms with van der Waals surface area (Å²) in [5.74, 6) is -0.293. The molecule has 1 saturated carbocycles. The Hall–Kier alpha value is -0.690. The van der Waals surface area contributed by atoms with E-state index >= 15 is 0 Å². The number of β-amino-alcohol motifs (C(OH)–C–C–N with tert-alkyl or cyclic N) is 1. The Morgan fingerprint density at radius 2 is 2.10 bits per heavy atom. The predicted octanol–water partition coefficient (Wildman–Crippen LogP) is 0.728. The van der Waals surface area contributed by atoms with Crippen LogP contribution in [0.2, 0.25) is 0 Å². The molecule has 0 aromatic carbocycles. The average molecular weight is 301 g/mol. The number of aliphatic hydroxyl groups is 1. The van der Waals surface area contributed by atoms with Crippen LogP contribution in [0.15, 0.2) is 0 Å². The van der Waals surface area contributed by atoms with E-state index in [0.717, 1.165) is 25.7 Å². The zero-order valence-electron chi connectivity index (χ0n) is 12.7. The van der Waals surface area contributed by atoms with Crippen LogP contribution in [0, 0.1) is 5.92 Å². The fourth-order valence-electron chi connectivity index (χ4n) is 3.72. The molecule has 2 aliphatic rings. The van der Waals surface area contributed by atoms with Gasteiger partial charge in [0.2, 0.25) is 0 Å². The number of carbonyl (C=O) groups is 1. The number of aliphatic hydroxyl groups excluding tert-OH is 1. The fourth-order valence-corrected chi connectivity index (χ4v) is 3.72. The molecule has 4 unspecified atom stereocenters. The highest BCUT2D eigenvalue weighted by Crippen LogP contribution is 2.39. The van der Waals surface area contributed by atoms with Crippen molar-refractivity contribution in [1.29, 1.82) is 0 Å². The first kappa shape index (κ1) is 16.7. The van der Waals surface area contributed by atoms with Crippen LogP contribution in [0.3, 0.4) is 0 Å². The van der Waals surface area contributed by atoms with Gasteiger partial charge in [-0.25, -0.2) is 0 Å². The molecule has 2 rings (SSSR count). The summed E-state index contributed by atoms with van der Waals surface area (Å²) >= 11 is 0. The molecule has 0 aromatic rings. The first-order valence-corrected chi connectivity index (χ1v) is 7.86. The van der Waals surface area contributed by atoms with Crippen LogP contribution in [0.4, 0.5) is 0 Å². The smallest absolute Gasteiger partial charge is 0.320 e. The normalized spacial score (nSPS) is 31.0. The molecule has 0 amide bonds. The van der Waals surface area contributed by atoms with Gasteiger partial charge in [0.25, 0.3) is 0 Å². The van der Waals surface area contributed by atoms with E-state index in [0.29, 0.717) is 31.7 Å². The number of fused-ring (bicyclic) bond motifs is 1. The van der Waals surface area contributed by atoms with Gasteiger partial charge in [-0.1, -0.05) is 12.8 Å². The van der Waals surface area contributed by atoms with Gasteiger partial charge in [0.05, 0.1) is 25.9 Å². The van der Waals surface area contributed by atoms with E-state index in [-0.39, 0.29) is 6.61 Å². The van der Waals surface area contributed by atoms with E-state index in [1.807, 2.05) is 4.90 Å². The molecule has 4 atom stereocenters. The molecule has 0 aromatic heterocycles. The van der Waals surface area contributed by atoms with Crippen molar-refractivity contribution in [3.8, 4) is 0 Å². The van der Waals surface area contributed by atoms with Gasteiger partial charge in [-0.05, 0) is 25.2 Å². The van der Waals surface area contributed by atoms with Gasteiger partial charge in [-0.15, -0.1) is 0 Å². The largest absolute Gasteiger partial charge is 0.480 e. The van der Waals surface area contributed by atoms with Gasteiger partial charge in [0.15, 0.2) is 0 Å². The summed E-state index contributed by atoms with van der Waals surface area (Å²) in [5.41, 5.74) is 0. The van der Waals surface area contributed by atoms with Crippen molar-refractivity contribution < 1.29 is 24.5 Å². The second-order valence-electron chi connectivity index (χ2n) is 6.12. The van der Waals surface area contributed by atoms with Crippen LogP contribution in [0.5, 0.6) is 0 Å². The molecule has 0 spiro atoms. The Morgan fingerprint density at radius 1 is 1.33 bits per heavy atom. The summed E-state index contributed by atoms with van der Waals surface area (Å²) in [7, 11) is 1.60. The topological polar surface area (TPSA) is 79.2 Å². The fraction of sp³-hybridized carbons (Fsp3) is 0.933. The quantitative estimate of drug-likeness (QED) is 0.643. The highest BCUT2D eigenvalue weighted by atomic mass is 16.5. The summed E-state index contributed by atoms with van der Waals surface area (Å²) in [6.07, 6.45) is 4.59. The van der Waals surface area contributed by atoms with Gasteiger partial charge >= 0.3 is 5.97 Å². The monoisotopic (exact) mass is 301 g/mol. The molecule has 21 heavy (non-hydrogen) atoms. The average Bonchev–Trinajstić information content (AvgIpc) is 2.83. The lowest BCUT2D eigenvalue weighted by Crippen LogP contribution is -2.47. The zero-order valence-corrected chi connectivity index (χ0v) is 12.7. The second-order valence-corrected chi connectivity index (χ2v) is 6.12. The summed E-state index contributed by atoms with van der Waals surface area (Å²) < 4.78 is 10.2. The van der Waals surface area contributed by atoms with Gasteiger partial charge in [0.1, 0.15) is 6.04 Å². The van der Waals surface area contributed by atoms with Crippen molar-refractivity contribution in [3.63, 3.8) is 0 Å². The van der Waals surface area contributed by atoms with Crippen LogP contribution in [0.1, 0.15) is 32.1 Å². The number of aliphatic carboxylic acids is 1. The van der Waals surface area contributed by atoms with Crippen molar-refractivity contribution in [2.24, 2.45) is 5.92 Å². The maximum atomic E-state index is 11.5. The molecule has 1 heterocycles. The summed E-state index contributed by atoms with van der Waals surface area (Å²) in [4.78, 5) is 13.5. The molecule has 6 nitrogen and oxygen atoms in total. The molecule has 0 bridgehead atoms. The Balaban J connectivity index is 1.87. The maximum Gasteiger partial charge on any atom is 0.320 e. The Labute approximate surface area is 126 Å². The number of methoxy groups -OCH3 is 1. The van der Waals surface area contributed by atoms with E-state index in [1.54, 1.807) is 7.11 Å². The van der Waals surface area contributed by atoms with Crippen LogP contribution in [-0.2, 0) is 14.3 Å². The third-order valence-electron chi connectivity index (χ3n) is 4.67. The van der Waals surface area contributed by atoms with Crippen molar-refractivity contribution in [3.05, 3.63) is 0 Å². The number of carboxylic acid groups (broad SMARTS) is 1. The third-order valence-corrected chi connectivity index (χ3v) is 4.67. The van der Waals surface area contributed by atoms with E-state index in [4.69, 9.17) is 9.47 Å². The number of rotatable bonds is 8. The van der Waals surface area contributed by atoms with Crippen LogP contribution < -0.4 is 0 Å². The first-order valence-electron chi connectivity index (χ1n) is 7.86. The van der Waals surface area contributed by atoms with E-state index in [2.05, 4.69) is 0 Å². The van der Waals surface area contributed by atoms with Crippen LogP contribution in [0.25, 0.3) is 0 Å². The van der Waals surface area contributed by atoms with Gasteiger partial charge in [-0.2, -0.15) is 0 Å².